The molecule has 0 aromatic carbocycles. The van der Waals surface area contributed by atoms with E-state index >= 15 is 0 Å². The highest BCUT2D eigenvalue weighted by molar-refractivity contribution is 6.41. The lowest BCUT2D eigenvalue weighted by Crippen LogP contribution is -2.18. The summed E-state index contributed by atoms with van der Waals surface area (Å²) in [4.78, 5) is 10.9. The van der Waals surface area contributed by atoms with Crippen LogP contribution >= 0.6 is 0 Å². The Morgan fingerprint density at radius 2 is 2.33 bits per heavy atom. The van der Waals surface area contributed by atoms with Crippen LogP contribution in [0.4, 0.5) is 0 Å². The number of nitrogens with one attached hydrogen (secondary N) is 1. The molecule has 0 saturated heterocycles. The van der Waals surface area contributed by atoms with Crippen molar-refractivity contribution in [2.24, 2.45) is 7.05 Å². The lowest BCUT2D eigenvalue weighted by molar-refractivity contribution is -0.132. The maximum absolute atomic E-state index is 10.9. The van der Waals surface area contributed by atoms with Crippen molar-refractivity contribution in [1.29, 1.82) is 5.41 Å². The second-order valence-electron chi connectivity index (χ2n) is 2.37. The Hall–Kier alpha value is -1.58. The molecule has 0 aliphatic heterocycles. The molecule has 4 heteroatoms. The zero-order valence-corrected chi connectivity index (χ0v) is 7.00. The van der Waals surface area contributed by atoms with E-state index in [1.807, 2.05) is 0 Å². The molecule has 0 saturated carbocycles. The van der Waals surface area contributed by atoms with Gasteiger partial charge in [-0.15, -0.1) is 0 Å². The fraction of sp³-hybridized carbons (Fsp3) is 0.250. The Morgan fingerprint density at radius 3 is 2.75 bits per heavy atom. The van der Waals surface area contributed by atoms with E-state index in [4.69, 9.17) is 5.41 Å². The minimum absolute atomic E-state index is 0.120. The summed E-state index contributed by atoms with van der Waals surface area (Å²) in [7, 11) is 3.03. The van der Waals surface area contributed by atoms with Crippen LogP contribution < -0.4 is 0 Å². The second kappa shape index (κ2) is 3.21. The van der Waals surface area contributed by atoms with Gasteiger partial charge in [-0.1, -0.05) is 0 Å². The van der Waals surface area contributed by atoms with Crippen molar-refractivity contribution >= 4 is 11.7 Å². The summed E-state index contributed by atoms with van der Waals surface area (Å²) in [5.74, 6) is -0.614. The molecule has 0 atom stereocenters. The zero-order valence-electron chi connectivity index (χ0n) is 7.00. The average molecular weight is 166 g/mol. The first-order valence-electron chi connectivity index (χ1n) is 3.45. The Balaban J connectivity index is 2.93. The molecule has 0 bridgehead atoms. The standard InChI is InChI=1S/C8H10N2O2/c1-10-5-3-4-6(10)7(9)8(11)12-2/h3-5,9H,1-2H3. The van der Waals surface area contributed by atoms with Crippen LogP contribution in [0, 0.1) is 5.41 Å². The Kier molecular flexibility index (Phi) is 2.28. The van der Waals surface area contributed by atoms with E-state index in [1.54, 1.807) is 29.9 Å². The third-order valence-electron chi connectivity index (χ3n) is 1.59. The molecule has 1 rings (SSSR count). The highest BCUT2D eigenvalue weighted by atomic mass is 16.5. The van der Waals surface area contributed by atoms with Gasteiger partial charge in [0.15, 0.2) is 5.71 Å². The first-order chi connectivity index (χ1) is 5.66. The summed E-state index contributed by atoms with van der Waals surface area (Å²) in [5, 5.41) is 7.40. The van der Waals surface area contributed by atoms with Gasteiger partial charge in [-0.2, -0.15) is 0 Å². The molecule has 64 valence electrons. The van der Waals surface area contributed by atoms with Crippen LogP contribution in [0.2, 0.25) is 0 Å². The maximum atomic E-state index is 10.9. The smallest absolute Gasteiger partial charge is 0.358 e. The number of aryl methyl sites for hydroxylation is 1. The Morgan fingerprint density at radius 1 is 1.67 bits per heavy atom. The predicted octanol–water partition coefficient (Wildman–Crippen LogP) is 0.566. The molecule has 0 aliphatic rings. The van der Waals surface area contributed by atoms with Crippen LogP contribution in [-0.2, 0) is 16.6 Å². The van der Waals surface area contributed by atoms with Crippen molar-refractivity contribution in [3.63, 3.8) is 0 Å². The van der Waals surface area contributed by atoms with Crippen LogP contribution in [0.3, 0.4) is 0 Å². The molecule has 1 N–H and O–H groups in total. The number of esters is 1. The fourth-order valence-electron chi connectivity index (χ4n) is 0.927. The van der Waals surface area contributed by atoms with E-state index < -0.39 is 5.97 Å². The summed E-state index contributed by atoms with van der Waals surface area (Å²) < 4.78 is 6.11. The SMILES string of the molecule is COC(=O)C(=N)c1cccn1C. The molecule has 0 aliphatic carbocycles. The first kappa shape index (κ1) is 8.52. The zero-order chi connectivity index (χ0) is 9.14. The van der Waals surface area contributed by atoms with Crippen LogP contribution in [-0.4, -0.2) is 23.4 Å². The minimum Gasteiger partial charge on any atom is -0.464 e. The Bertz CT molecular complexity index is 315. The summed E-state index contributed by atoms with van der Waals surface area (Å²) in [5.41, 5.74) is 0.437. The quantitative estimate of drug-likeness (QED) is 0.515. The van der Waals surface area contributed by atoms with Gasteiger partial charge in [0, 0.05) is 13.2 Å². The van der Waals surface area contributed by atoms with Crippen molar-refractivity contribution < 1.29 is 9.53 Å². The molecule has 1 heterocycles. The molecular formula is C8H10N2O2. The topological polar surface area (TPSA) is 55.1 Å². The van der Waals surface area contributed by atoms with Gasteiger partial charge in [0.1, 0.15) is 0 Å². The van der Waals surface area contributed by atoms with E-state index in [0.29, 0.717) is 5.69 Å². The molecule has 0 unspecified atom stereocenters. The van der Waals surface area contributed by atoms with E-state index in [0.717, 1.165) is 0 Å². The lowest BCUT2D eigenvalue weighted by atomic mass is 10.3. The van der Waals surface area contributed by atoms with Crippen molar-refractivity contribution in [3.8, 4) is 0 Å². The number of hydrogen-bond donors (Lipinski definition) is 1. The lowest BCUT2D eigenvalue weighted by Gasteiger charge is -2.02. The maximum Gasteiger partial charge on any atom is 0.358 e. The number of aromatic nitrogens is 1. The van der Waals surface area contributed by atoms with Crippen LogP contribution in [0.25, 0.3) is 0 Å². The van der Waals surface area contributed by atoms with Gasteiger partial charge in [-0.25, -0.2) is 4.79 Å². The van der Waals surface area contributed by atoms with Gasteiger partial charge in [0.2, 0.25) is 0 Å². The second-order valence-corrected chi connectivity index (χ2v) is 2.37. The van der Waals surface area contributed by atoms with Crippen LogP contribution in [0.5, 0.6) is 0 Å². The molecule has 1 aromatic heterocycles. The Labute approximate surface area is 70.3 Å². The van der Waals surface area contributed by atoms with Gasteiger partial charge >= 0.3 is 5.97 Å². The largest absolute Gasteiger partial charge is 0.464 e. The highest BCUT2D eigenvalue weighted by Crippen LogP contribution is 2.01. The number of carbonyl (C=O) groups is 1. The van der Waals surface area contributed by atoms with Gasteiger partial charge in [-0.3, -0.25) is 5.41 Å². The summed E-state index contributed by atoms with van der Waals surface area (Å²) in [6.45, 7) is 0. The van der Waals surface area contributed by atoms with Crippen molar-refractivity contribution in [3.05, 3.63) is 24.0 Å². The third-order valence-corrected chi connectivity index (χ3v) is 1.59. The molecule has 0 fully saturated rings. The third kappa shape index (κ3) is 1.37. The van der Waals surface area contributed by atoms with E-state index in [1.165, 1.54) is 7.11 Å². The van der Waals surface area contributed by atoms with Crippen LogP contribution in [0.1, 0.15) is 5.69 Å². The minimum atomic E-state index is -0.614. The normalized spacial score (nSPS) is 9.50. The van der Waals surface area contributed by atoms with Gasteiger partial charge in [-0.05, 0) is 12.1 Å². The molecule has 4 nitrogen and oxygen atoms in total. The number of hydrogen-bond acceptors (Lipinski definition) is 3. The van der Waals surface area contributed by atoms with Crippen molar-refractivity contribution in [2.45, 2.75) is 0 Å². The van der Waals surface area contributed by atoms with Gasteiger partial charge in [0.25, 0.3) is 0 Å². The number of ether oxygens (including phenoxy) is 1. The summed E-state index contributed by atoms with van der Waals surface area (Å²) >= 11 is 0. The number of methoxy groups -OCH3 is 1. The molecule has 0 radical (unpaired) electrons. The van der Waals surface area contributed by atoms with E-state index in [-0.39, 0.29) is 5.71 Å². The summed E-state index contributed by atoms with van der Waals surface area (Å²) in [6, 6.07) is 3.46. The summed E-state index contributed by atoms with van der Waals surface area (Å²) in [6.07, 6.45) is 1.77. The average Bonchev–Trinajstić information content (AvgIpc) is 2.48. The number of carbonyl (C=O) groups excluding carboxylic acids is 1. The highest BCUT2D eigenvalue weighted by Gasteiger charge is 2.13. The molecule has 0 amide bonds. The first-order valence-corrected chi connectivity index (χ1v) is 3.45. The molecular weight excluding hydrogens is 156 g/mol. The number of rotatable bonds is 2. The van der Waals surface area contributed by atoms with Gasteiger partial charge in [0.05, 0.1) is 12.8 Å². The van der Waals surface area contributed by atoms with Gasteiger partial charge < -0.3 is 9.30 Å². The predicted molar refractivity (Wildman–Crippen MR) is 44.3 cm³/mol. The van der Waals surface area contributed by atoms with E-state index in [9.17, 15) is 4.79 Å². The number of nitrogens with zero attached hydrogens (tertiary/aromatic N) is 1. The van der Waals surface area contributed by atoms with Crippen molar-refractivity contribution in [2.75, 3.05) is 7.11 Å². The molecule has 1 aromatic rings. The monoisotopic (exact) mass is 166 g/mol. The van der Waals surface area contributed by atoms with Crippen LogP contribution in [0.15, 0.2) is 18.3 Å². The van der Waals surface area contributed by atoms with Crippen molar-refractivity contribution in [1.82, 2.24) is 4.57 Å². The molecule has 0 spiro atoms. The fourth-order valence-corrected chi connectivity index (χ4v) is 0.927. The van der Waals surface area contributed by atoms with E-state index in [2.05, 4.69) is 4.74 Å². The molecule has 12 heavy (non-hydrogen) atoms.